The fourth-order valence-electron chi connectivity index (χ4n) is 4.96. The monoisotopic (exact) mass is 560 g/mol. The first-order valence-electron chi connectivity index (χ1n) is 13.0. The molecule has 1 aliphatic carbocycles. The summed E-state index contributed by atoms with van der Waals surface area (Å²) in [6.07, 6.45) is 2.62. The molecule has 0 saturated heterocycles. The van der Waals surface area contributed by atoms with Gasteiger partial charge in [0.05, 0.1) is 25.3 Å². The smallest absolute Gasteiger partial charge is 0.410 e. The van der Waals surface area contributed by atoms with Crippen LogP contribution in [0.15, 0.2) is 48.5 Å². The molecule has 2 aromatic rings. The minimum absolute atomic E-state index is 0.284. The second kappa shape index (κ2) is 12.4. The van der Waals surface area contributed by atoms with E-state index in [0.29, 0.717) is 38.0 Å². The molecular formula is C29H40N2O7S. The van der Waals surface area contributed by atoms with E-state index in [1.807, 2.05) is 69.3 Å². The van der Waals surface area contributed by atoms with Crippen LogP contribution in [0.25, 0.3) is 11.1 Å². The maximum atomic E-state index is 12.9. The molecule has 0 aromatic heterocycles. The molecule has 3 rings (SSSR count). The molecule has 9 nitrogen and oxygen atoms in total. The van der Waals surface area contributed by atoms with Gasteiger partial charge in [0.25, 0.3) is 0 Å². The first kappa shape index (κ1) is 30.4. The van der Waals surface area contributed by atoms with Crippen LogP contribution < -0.4 is 9.46 Å². The van der Waals surface area contributed by atoms with Gasteiger partial charge in [-0.25, -0.2) is 17.9 Å². The van der Waals surface area contributed by atoms with Gasteiger partial charge in [-0.2, -0.15) is 0 Å². The third-order valence-corrected chi connectivity index (χ3v) is 7.43. The summed E-state index contributed by atoms with van der Waals surface area (Å²) in [5, 5.41) is 0. The fraction of sp³-hybridized carbons (Fsp3) is 0.517. The topological polar surface area (TPSA) is 111 Å². The molecule has 0 unspecified atom stereocenters. The highest BCUT2D eigenvalue weighted by Gasteiger charge is 2.46. The Bertz CT molecular complexity index is 1270. The van der Waals surface area contributed by atoms with Crippen molar-refractivity contribution >= 4 is 22.1 Å². The summed E-state index contributed by atoms with van der Waals surface area (Å²) in [5.74, 6) is 0.344. The van der Waals surface area contributed by atoms with Gasteiger partial charge >= 0.3 is 12.1 Å². The van der Waals surface area contributed by atoms with Crippen LogP contribution in [0.4, 0.5) is 4.79 Å². The molecule has 1 N–H and O–H groups in total. The molecule has 1 amide bonds. The Morgan fingerprint density at radius 1 is 1.13 bits per heavy atom. The number of rotatable bonds is 10. The number of hydrogen-bond donors (Lipinski definition) is 1. The Kier molecular flexibility index (Phi) is 9.66. The normalized spacial score (nSPS) is 19.4. The quantitative estimate of drug-likeness (QED) is 0.429. The van der Waals surface area contributed by atoms with E-state index in [9.17, 15) is 18.0 Å². The highest BCUT2D eigenvalue weighted by Crippen LogP contribution is 2.43. The summed E-state index contributed by atoms with van der Waals surface area (Å²) in [7, 11) is -0.345. The summed E-state index contributed by atoms with van der Waals surface area (Å²) < 4.78 is 42.8. The lowest BCUT2D eigenvalue weighted by Gasteiger charge is -2.27. The highest BCUT2D eigenvalue weighted by molar-refractivity contribution is 7.88. The molecule has 214 valence electrons. The second-order valence-corrected chi connectivity index (χ2v) is 13.0. The van der Waals surface area contributed by atoms with Gasteiger partial charge in [-0.1, -0.05) is 42.5 Å². The Balaban J connectivity index is 1.75. The fourth-order valence-corrected chi connectivity index (χ4v) is 5.77. The molecule has 2 aromatic carbocycles. The molecule has 0 bridgehead atoms. The van der Waals surface area contributed by atoms with E-state index >= 15 is 0 Å². The van der Waals surface area contributed by atoms with Gasteiger partial charge in [0, 0.05) is 18.7 Å². The van der Waals surface area contributed by atoms with E-state index in [0.717, 1.165) is 22.9 Å². The van der Waals surface area contributed by atoms with Crippen LogP contribution in [0, 0.1) is 5.41 Å². The van der Waals surface area contributed by atoms with E-state index < -0.39 is 27.1 Å². The van der Waals surface area contributed by atoms with E-state index in [1.54, 1.807) is 7.05 Å². The number of nitrogens with zero attached hydrogens (tertiary/aromatic N) is 1. The molecule has 1 saturated carbocycles. The van der Waals surface area contributed by atoms with Crippen molar-refractivity contribution in [2.24, 2.45) is 5.41 Å². The van der Waals surface area contributed by atoms with Crippen LogP contribution in [-0.2, 0) is 30.7 Å². The van der Waals surface area contributed by atoms with Gasteiger partial charge in [-0.05, 0) is 63.6 Å². The number of hydrogen-bond acceptors (Lipinski definition) is 7. The molecule has 0 aliphatic heterocycles. The van der Waals surface area contributed by atoms with Gasteiger partial charge in [-0.3, -0.25) is 4.79 Å². The number of methoxy groups -OCH3 is 1. The molecule has 10 heteroatoms. The van der Waals surface area contributed by atoms with Crippen molar-refractivity contribution in [1.29, 1.82) is 0 Å². The van der Waals surface area contributed by atoms with Crippen LogP contribution in [0.2, 0.25) is 0 Å². The van der Waals surface area contributed by atoms with Crippen molar-refractivity contribution in [3.63, 3.8) is 0 Å². The number of ether oxygens (including phenoxy) is 3. The number of benzene rings is 2. The van der Waals surface area contributed by atoms with Crippen LogP contribution >= 0.6 is 0 Å². The van der Waals surface area contributed by atoms with Gasteiger partial charge in [0.2, 0.25) is 10.0 Å². The van der Waals surface area contributed by atoms with Crippen molar-refractivity contribution in [2.75, 3.05) is 33.6 Å². The molecule has 0 spiro atoms. The molecule has 39 heavy (non-hydrogen) atoms. The maximum absolute atomic E-state index is 12.9. The van der Waals surface area contributed by atoms with E-state index in [4.69, 9.17) is 14.2 Å². The number of amides is 1. The summed E-state index contributed by atoms with van der Waals surface area (Å²) in [5.41, 5.74) is 1.37. The van der Waals surface area contributed by atoms with E-state index in [-0.39, 0.29) is 18.6 Å². The Morgan fingerprint density at radius 2 is 1.85 bits per heavy atom. The van der Waals surface area contributed by atoms with Crippen LogP contribution in [0.5, 0.6) is 5.75 Å². The van der Waals surface area contributed by atoms with Crippen molar-refractivity contribution in [3.8, 4) is 16.9 Å². The molecule has 0 heterocycles. The van der Waals surface area contributed by atoms with Gasteiger partial charge < -0.3 is 19.1 Å². The van der Waals surface area contributed by atoms with E-state index in [2.05, 4.69) is 4.72 Å². The van der Waals surface area contributed by atoms with Crippen LogP contribution in [-0.4, -0.2) is 70.6 Å². The number of nitrogens with one attached hydrogen (secondary N) is 1. The summed E-state index contributed by atoms with van der Waals surface area (Å²) in [6, 6.07) is 15.2. The summed E-state index contributed by atoms with van der Waals surface area (Å²) in [4.78, 5) is 26.6. The number of para-hydroxylation sites is 1. The first-order chi connectivity index (χ1) is 18.2. The predicted molar refractivity (Wildman–Crippen MR) is 150 cm³/mol. The highest BCUT2D eigenvalue weighted by atomic mass is 32.2. The summed E-state index contributed by atoms with van der Waals surface area (Å²) in [6.45, 7) is 6.11. The van der Waals surface area contributed by atoms with Gasteiger partial charge in [0.15, 0.2) is 0 Å². The van der Waals surface area contributed by atoms with Crippen molar-refractivity contribution < 1.29 is 32.2 Å². The van der Waals surface area contributed by atoms with Gasteiger partial charge in [-0.15, -0.1) is 0 Å². The molecule has 1 fully saturated rings. The van der Waals surface area contributed by atoms with Crippen LogP contribution in [0.3, 0.4) is 0 Å². The minimum Gasteiger partial charge on any atom is -0.491 e. The molecule has 1 aliphatic rings. The number of carbonyl (C=O) groups is 2. The number of likely N-dealkylation sites (N-methyl/N-ethyl adjacent to an activating group) is 1. The van der Waals surface area contributed by atoms with Crippen LogP contribution in [0.1, 0.15) is 45.6 Å². The van der Waals surface area contributed by atoms with Crippen molar-refractivity contribution in [2.45, 2.75) is 58.1 Å². The lowest BCUT2D eigenvalue weighted by atomic mass is 9.79. The maximum Gasteiger partial charge on any atom is 0.410 e. The lowest BCUT2D eigenvalue weighted by Crippen LogP contribution is -2.37. The largest absolute Gasteiger partial charge is 0.491 e. The summed E-state index contributed by atoms with van der Waals surface area (Å²) >= 11 is 0. The Labute approximate surface area is 231 Å². The first-order valence-corrected chi connectivity index (χ1v) is 14.9. The molecule has 2 atom stereocenters. The van der Waals surface area contributed by atoms with E-state index in [1.165, 1.54) is 12.0 Å². The predicted octanol–water partition coefficient (Wildman–Crippen LogP) is 4.40. The third-order valence-electron chi connectivity index (χ3n) is 6.66. The zero-order chi connectivity index (χ0) is 28.8. The lowest BCUT2D eigenvalue weighted by molar-refractivity contribution is -0.152. The van der Waals surface area contributed by atoms with Gasteiger partial charge in [0.1, 0.15) is 18.0 Å². The average molecular weight is 561 g/mol. The average Bonchev–Trinajstić information content (AvgIpc) is 3.24. The second-order valence-electron chi connectivity index (χ2n) is 11.2. The Hall–Kier alpha value is -3.11. The number of sulfonamides is 1. The standard InChI is InChI=1S/C29H40N2O7S/c1-28(2,3)38-27(33)31(4)16-17-37-25-13-8-7-12-24(25)22-11-9-10-21(18-22)19-29(26(32)36-5)15-14-23(20-29)30-39(6,34)35/h7-13,18,23,30H,14-17,19-20H2,1-6H3/t23-,29+/m0/s1. The third kappa shape index (κ3) is 8.69. The number of esters is 1. The zero-order valence-corrected chi connectivity index (χ0v) is 24.5. The zero-order valence-electron chi connectivity index (χ0n) is 23.7. The SMILES string of the molecule is COC(=O)[C@@]1(Cc2cccc(-c3ccccc3OCCN(C)C(=O)OC(C)(C)C)c2)CC[C@H](NS(C)(=O)=O)C1. The Morgan fingerprint density at radius 3 is 2.51 bits per heavy atom. The number of carbonyl (C=O) groups excluding carboxylic acids is 2. The van der Waals surface area contributed by atoms with Crippen molar-refractivity contribution in [3.05, 3.63) is 54.1 Å². The van der Waals surface area contributed by atoms with Crippen molar-refractivity contribution in [1.82, 2.24) is 9.62 Å². The minimum atomic E-state index is -3.38. The molecular weight excluding hydrogens is 520 g/mol. The molecule has 0 radical (unpaired) electrons.